The van der Waals surface area contributed by atoms with Crippen molar-refractivity contribution in [3.05, 3.63) is 72.1 Å². The van der Waals surface area contributed by atoms with Crippen molar-refractivity contribution in [1.29, 1.82) is 0 Å². The molecule has 4 rings (SSSR count). The average molecular weight is 414 g/mol. The van der Waals surface area contributed by atoms with Crippen LogP contribution in [0.3, 0.4) is 0 Å². The zero-order valence-corrected chi connectivity index (χ0v) is 15.1. The zero-order chi connectivity index (χ0) is 18.5. The van der Waals surface area contributed by atoms with Crippen LogP contribution in [-0.4, -0.2) is 32.1 Å². The van der Waals surface area contributed by atoms with Crippen LogP contribution in [0.4, 0.5) is 0 Å². The molecular formula is C20H18CuN2O4. The molecule has 0 aliphatic carbocycles. The van der Waals surface area contributed by atoms with Gasteiger partial charge < -0.3 is 20.2 Å². The van der Waals surface area contributed by atoms with E-state index < -0.39 is 11.9 Å². The normalized spacial score (nSPS) is 10.1. The number of aromatic amines is 2. The van der Waals surface area contributed by atoms with Gasteiger partial charge in [0.1, 0.15) is 0 Å². The second kappa shape index (κ2) is 9.07. The van der Waals surface area contributed by atoms with Gasteiger partial charge in [0, 0.05) is 51.3 Å². The van der Waals surface area contributed by atoms with Crippen molar-refractivity contribution in [3.63, 3.8) is 0 Å². The summed E-state index contributed by atoms with van der Waals surface area (Å²) in [6.45, 7) is 0. The van der Waals surface area contributed by atoms with Crippen molar-refractivity contribution < 1.29 is 36.9 Å². The molecule has 2 aromatic heterocycles. The van der Waals surface area contributed by atoms with Crippen LogP contribution in [0.2, 0.25) is 0 Å². The molecule has 143 valence electrons. The number of aromatic nitrogens is 2. The molecule has 0 saturated carbocycles. The van der Waals surface area contributed by atoms with E-state index >= 15 is 0 Å². The topological polar surface area (TPSA) is 106 Å². The quantitative estimate of drug-likeness (QED) is 0.383. The van der Waals surface area contributed by atoms with Gasteiger partial charge in [-0.15, -0.1) is 0 Å². The molecule has 27 heavy (non-hydrogen) atoms. The first kappa shape index (κ1) is 20.3. The number of fused-ring (bicyclic) bond motifs is 2. The molecule has 4 aromatic rings. The number of carboxylic acids is 2. The second-order valence-corrected chi connectivity index (χ2v) is 5.86. The monoisotopic (exact) mass is 413 g/mol. The van der Waals surface area contributed by atoms with Crippen molar-refractivity contribution in [2.75, 3.05) is 0 Å². The fraction of sp³-hybridized carbons (Fsp3) is 0.100. The number of rotatable bonds is 4. The first-order valence-corrected chi connectivity index (χ1v) is 8.08. The summed E-state index contributed by atoms with van der Waals surface area (Å²) in [6.07, 6.45) is 3.64. The van der Waals surface area contributed by atoms with Crippen LogP contribution in [-0.2, 0) is 39.5 Å². The Balaban J connectivity index is 0.000000187. The van der Waals surface area contributed by atoms with Crippen molar-refractivity contribution in [2.45, 2.75) is 12.8 Å². The minimum atomic E-state index is -0.801. The van der Waals surface area contributed by atoms with Gasteiger partial charge in [0.15, 0.2) is 0 Å². The van der Waals surface area contributed by atoms with Gasteiger partial charge in [0.05, 0.1) is 12.8 Å². The van der Waals surface area contributed by atoms with Crippen molar-refractivity contribution >= 4 is 33.7 Å². The molecule has 0 aliphatic heterocycles. The molecule has 7 heteroatoms. The third-order valence-corrected chi connectivity index (χ3v) is 4.03. The predicted molar refractivity (Wildman–Crippen MR) is 99.3 cm³/mol. The first-order valence-electron chi connectivity index (χ1n) is 8.08. The smallest absolute Gasteiger partial charge is 0.307 e. The van der Waals surface area contributed by atoms with E-state index in [4.69, 9.17) is 10.2 Å². The maximum absolute atomic E-state index is 10.5. The summed E-state index contributed by atoms with van der Waals surface area (Å²) < 4.78 is 0. The molecule has 0 aliphatic rings. The molecule has 0 atom stereocenters. The summed E-state index contributed by atoms with van der Waals surface area (Å²) in [5.74, 6) is -1.60. The van der Waals surface area contributed by atoms with Crippen LogP contribution < -0.4 is 0 Å². The van der Waals surface area contributed by atoms with Gasteiger partial charge in [-0.3, -0.25) is 9.59 Å². The minimum Gasteiger partial charge on any atom is -0.481 e. The van der Waals surface area contributed by atoms with Crippen LogP contribution in [0.25, 0.3) is 21.8 Å². The minimum absolute atomic E-state index is 0. The number of para-hydroxylation sites is 2. The molecule has 1 radical (unpaired) electrons. The number of aliphatic carboxylic acids is 2. The van der Waals surface area contributed by atoms with Crippen LogP contribution in [0, 0.1) is 0 Å². The second-order valence-electron chi connectivity index (χ2n) is 5.86. The third kappa shape index (κ3) is 5.00. The van der Waals surface area contributed by atoms with E-state index in [2.05, 4.69) is 9.97 Å². The maximum atomic E-state index is 10.5. The molecule has 0 unspecified atom stereocenters. The summed E-state index contributed by atoms with van der Waals surface area (Å²) in [5, 5.41) is 19.2. The zero-order valence-electron chi connectivity index (χ0n) is 14.2. The third-order valence-electron chi connectivity index (χ3n) is 4.03. The SMILES string of the molecule is O=C(O)Cc1c[nH]c2ccccc12.O=C(O)Cc1c[nH]c2ccccc12.[Cu]. The fourth-order valence-corrected chi connectivity index (χ4v) is 2.88. The summed E-state index contributed by atoms with van der Waals surface area (Å²) in [4.78, 5) is 27.1. The van der Waals surface area contributed by atoms with Crippen LogP contribution in [0.15, 0.2) is 60.9 Å². The van der Waals surface area contributed by atoms with E-state index in [1.54, 1.807) is 12.4 Å². The van der Waals surface area contributed by atoms with Gasteiger partial charge >= 0.3 is 11.9 Å². The number of hydrogen-bond donors (Lipinski definition) is 4. The Labute approximate surface area is 165 Å². The molecule has 0 saturated heterocycles. The Morgan fingerprint density at radius 2 is 1.07 bits per heavy atom. The van der Waals surface area contributed by atoms with E-state index in [0.717, 1.165) is 32.9 Å². The average Bonchev–Trinajstić information content (AvgIpc) is 3.20. The molecule has 0 amide bonds. The summed E-state index contributed by atoms with van der Waals surface area (Å²) in [5.41, 5.74) is 3.64. The van der Waals surface area contributed by atoms with E-state index in [0.29, 0.717) is 0 Å². The Bertz CT molecular complexity index is 982. The fourth-order valence-electron chi connectivity index (χ4n) is 2.88. The number of hydrogen-bond acceptors (Lipinski definition) is 2. The van der Waals surface area contributed by atoms with Crippen LogP contribution >= 0.6 is 0 Å². The van der Waals surface area contributed by atoms with E-state index in [9.17, 15) is 9.59 Å². The number of carboxylic acid groups (broad SMARTS) is 2. The van der Waals surface area contributed by atoms with Gasteiger partial charge in [-0.05, 0) is 23.3 Å². The largest absolute Gasteiger partial charge is 0.481 e. The number of H-pyrrole nitrogens is 2. The van der Waals surface area contributed by atoms with E-state index in [1.807, 2.05) is 48.5 Å². The standard InChI is InChI=1S/2C10H9NO2.Cu/c2*12-10(13)5-7-6-11-9-4-2-1-3-8(7)9;/h2*1-4,6,11H,5H2,(H,12,13);. The van der Waals surface area contributed by atoms with Crippen molar-refractivity contribution in [3.8, 4) is 0 Å². The van der Waals surface area contributed by atoms with Crippen LogP contribution in [0.1, 0.15) is 11.1 Å². The van der Waals surface area contributed by atoms with Crippen LogP contribution in [0.5, 0.6) is 0 Å². The Hall–Kier alpha value is -3.02. The van der Waals surface area contributed by atoms with Gasteiger partial charge in [-0.2, -0.15) is 0 Å². The summed E-state index contributed by atoms with van der Waals surface area (Å²) >= 11 is 0. The molecule has 6 nitrogen and oxygen atoms in total. The number of nitrogens with one attached hydrogen (secondary N) is 2. The van der Waals surface area contributed by atoms with Gasteiger partial charge in [-0.1, -0.05) is 36.4 Å². The molecule has 4 N–H and O–H groups in total. The predicted octanol–water partition coefficient (Wildman–Crippen LogP) is 3.59. The Morgan fingerprint density at radius 1 is 0.704 bits per heavy atom. The molecular weight excluding hydrogens is 396 g/mol. The molecule has 2 aromatic carbocycles. The van der Waals surface area contributed by atoms with Gasteiger partial charge in [-0.25, -0.2) is 0 Å². The van der Waals surface area contributed by atoms with Crippen molar-refractivity contribution in [1.82, 2.24) is 9.97 Å². The molecule has 0 bridgehead atoms. The number of carbonyl (C=O) groups is 2. The van der Waals surface area contributed by atoms with Crippen molar-refractivity contribution in [2.24, 2.45) is 0 Å². The molecule has 2 heterocycles. The summed E-state index contributed by atoms with van der Waals surface area (Å²) in [6, 6.07) is 15.4. The Kier molecular flexibility index (Phi) is 6.82. The molecule has 0 fully saturated rings. The van der Waals surface area contributed by atoms with Gasteiger partial charge in [0.25, 0.3) is 0 Å². The van der Waals surface area contributed by atoms with E-state index in [-0.39, 0.29) is 29.9 Å². The number of benzene rings is 2. The maximum Gasteiger partial charge on any atom is 0.307 e. The Morgan fingerprint density at radius 3 is 1.44 bits per heavy atom. The first-order chi connectivity index (χ1) is 12.5. The summed E-state index contributed by atoms with van der Waals surface area (Å²) in [7, 11) is 0. The molecule has 0 spiro atoms. The van der Waals surface area contributed by atoms with Gasteiger partial charge in [0.2, 0.25) is 0 Å². The van der Waals surface area contributed by atoms with E-state index in [1.165, 1.54) is 0 Å².